The number of esters is 1. The lowest BCUT2D eigenvalue weighted by Crippen LogP contribution is -2.33. The molecule has 0 aromatic carbocycles. The van der Waals surface area contributed by atoms with Crippen molar-refractivity contribution in [2.75, 3.05) is 6.61 Å². The van der Waals surface area contributed by atoms with Crippen LogP contribution in [0.3, 0.4) is 0 Å². The fourth-order valence-corrected chi connectivity index (χ4v) is 1.34. The summed E-state index contributed by atoms with van der Waals surface area (Å²) < 4.78 is 15.6. The van der Waals surface area contributed by atoms with Gasteiger partial charge in [0.2, 0.25) is 0 Å². The molecule has 0 heterocycles. The van der Waals surface area contributed by atoms with Crippen molar-refractivity contribution < 1.29 is 14.1 Å². The zero-order chi connectivity index (χ0) is 10.3. The average molecular weight is 200 g/mol. The molecule has 0 aromatic rings. The Bertz CT molecular complexity index is 226. The Morgan fingerprint density at radius 2 is 2.08 bits per heavy atom. The molecule has 0 amide bonds. The van der Waals surface area contributed by atoms with Crippen LogP contribution in [0.1, 0.15) is 26.7 Å². The summed E-state index contributed by atoms with van der Waals surface area (Å²) in [7, 11) is -0.200. The third kappa shape index (κ3) is 2.82. The highest BCUT2D eigenvalue weighted by atomic mass is 31.1. The Balaban J connectivity index is 4.46. The van der Waals surface area contributed by atoms with Gasteiger partial charge in [-0.1, -0.05) is 19.8 Å². The predicted molar refractivity (Wildman–Crippen MR) is 50.7 cm³/mol. The summed E-state index contributed by atoms with van der Waals surface area (Å²) in [6, 6.07) is 0. The Kier molecular flexibility index (Phi) is 5.34. The van der Waals surface area contributed by atoms with Crippen LogP contribution in [0.25, 0.3) is 0 Å². The highest BCUT2D eigenvalue weighted by Gasteiger charge is 2.37. The van der Waals surface area contributed by atoms with E-state index in [4.69, 9.17) is 11.2 Å². The second-order valence-corrected chi connectivity index (χ2v) is 3.65. The molecule has 0 radical (unpaired) electrons. The van der Waals surface area contributed by atoms with Gasteiger partial charge < -0.3 is 4.74 Å². The summed E-state index contributed by atoms with van der Waals surface area (Å²) in [6.45, 7) is 3.53. The van der Waals surface area contributed by atoms with Crippen molar-refractivity contribution in [3.63, 3.8) is 0 Å². The van der Waals surface area contributed by atoms with E-state index in [-0.39, 0.29) is 15.1 Å². The van der Waals surface area contributed by atoms with Crippen LogP contribution in [-0.2, 0) is 14.1 Å². The molecule has 0 atom stereocenters. The van der Waals surface area contributed by atoms with Crippen molar-refractivity contribution in [1.29, 1.82) is 0 Å². The summed E-state index contributed by atoms with van der Waals surface area (Å²) in [5, 5.41) is -0.906. The van der Waals surface area contributed by atoms with E-state index in [1.165, 1.54) is 0 Å². The fourth-order valence-electron chi connectivity index (χ4n) is 0.947. The van der Waals surface area contributed by atoms with Crippen molar-refractivity contribution in [2.24, 2.45) is 0 Å². The predicted octanol–water partition coefficient (Wildman–Crippen LogP) is 2.01. The molecule has 0 bridgehead atoms. The average Bonchev–Trinajstić information content (AvgIpc) is 2.18. The maximum atomic E-state index is 11.4. The third-order valence-corrected chi connectivity index (χ3v) is 3.18. The molecule has 0 saturated carbocycles. The minimum absolute atomic E-state index is 0.0594. The van der Waals surface area contributed by atoms with E-state index < -0.39 is 11.1 Å². The van der Waals surface area contributed by atoms with Gasteiger partial charge in [0, 0.05) is 0 Å². The first-order valence-electron chi connectivity index (χ1n) is 4.12. The van der Waals surface area contributed by atoms with Crippen LogP contribution in [0.15, 0.2) is 0 Å². The van der Waals surface area contributed by atoms with Crippen LogP contribution in [0.2, 0.25) is 0 Å². The molecule has 0 saturated heterocycles. The van der Waals surface area contributed by atoms with Crippen molar-refractivity contribution in [3.8, 4) is 12.3 Å². The molecule has 4 heteroatoms. The zero-order valence-corrected chi connectivity index (χ0v) is 8.77. The Morgan fingerprint density at radius 1 is 1.54 bits per heavy atom. The normalized spacial score (nSPS) is 10.8. The van der Waals surface area contributed by atoms with Gasteiger partial charge >= 0.3 is 5.97 Å². The second-order valence-electron chi connectivity index (χ2n) is 2.61. The van der Waals surface area contributed by atoms with Gasteiger partial charge in [0.15, 0.2) is 15.1 Å². The van der Waals surface area contributed by atoms with Crippen molar-refractivity contribution in [2.45, 2.75) is 31.8 Å². The van der Waals surface area contributed by atoms with Crippen LogP contribution in [0.4, 0.5) is 0 Å². The number of rotatable bonds is 5. The number of terminal acetylenes is 1. The summed E-state index contributed by atoms with van der Waals surface area (Å²) in [6.07, 6.45) is 5.91. The second kappa shape index (κ2) is 5.72. The van der Waals surface area contributed by atoms with Crippen LogP contribution < -0.4 is 0 Å². The van der Waals surface area contributed by atoms with E-state index in [2.05, 4.69) is 5.92 Å². The summed E-state index contributed by atoms with van der Waals surface area (Å²) in [5.41, 5.74) is 0. The van der Waals surface area contributed by atoms with E-state index in [1.807, 2.05) is 0 Å². The van der Waals surface area contributed by atoms with Crippen molar-refractivity contribution in [1.82, 2.24) is 0 Å². The van der Waals surface area contributed by atoms with E-state index in [0.29, 0.717) is 12.8 Å². The molecule has 0 unspecified atom stereocenters. The van der Waals surface area contributed by atoms with Crippen LogP contribution in [0.5, 0.6) is 0 Å². The Morgan fingerprint density at radius 3 is 2.38 bits per heavy atom. The minimum atomic E-state index is -0.906. The third-order valence-electron chi connectivity index (χ3n) is 2.01. The first-order valence-corrected chi connectivity index (χ1v) is 4.93. The number of hydrogen-bond donors (Lipinski definition) is 0. The van der Waals surface area contributed by atoms with E-state index in [1.54, 1.807) is 13.8 Å². The molecule has 0 aliphatic heterocycles. The fraction of sp³-hybridized carbons (Fsp3) is 0.667. The molecule has 0 rings (SSSR count). The van der Waals surface area contributed by atoms with Crippen LogP contribution in [-0.4, -0.2) is 17.7 Å². The topological polar surface area (TPSA) is 43.4 Å². The summed E-state index contributed by atoms with van der Waals surface area (Å²) >= 11 is 0. The first kappa shape index (κ1) is 12.1. The largest absolute Gasteiger partial charge is 0.452 e. The molecule has 0 spiro atoms. The monoisotopic (exact) mass is 200 g/mol. The number of ether oxygens (including phenoxy) is 1. The number of carbonyl (C=O) groups is 1. The molecule has 3 nitrogen and oxygen atoms in total. The molecular weight excluding hydrogens is 187 g/mol. The van der Waals surface area contributed by atoms with E-state index in [0.717, 1.165) is 0 Å². The number of hydrogen-bond acceptors (Lipinski definition) is 3. The number of carbonyl (C=O) groups excluding carboxylic acids is 1. The smallest absolute Gasteiger partial charge is 0.324 e. The highest BCUT2D eigenvalue weighted by Crippen LogP contribution is 2.32. The minimum Gasteiger partial charge on any atom is -0.452 e. The zero-order valence-electron chi connectivity index (χ0n) is 7.87. The van der Waals surface area contributed by atoms with Crippen LogP contribution in [0, 0.1) is 12.3 Å². The lowest BCUT2D eigenvalue weighted by atomic mass is 10.0. The summed E-state index contributed by atoms with van der Waals surface area (Å²) in [5.74, 6) is 1.72. The summed E-state index contributed by atoms with van der Waals surface area (Å²) in [4.78, 5) is 11.4. The molecule has 0 fully saturated rings. The van der Waals surface area contributed by atoms with Gasteiger partial charge in [-0.15, -0.1) is 6.42 Å². The molecule has 0 aromatic heterocycles. The van der Waals surface area contributed by atoms with E-state index in [9.17, 15) is 9.36 Å². The Hall–Kier alpha value is -0.870. The molecule has 72 valence electrons. The van der Waals surface area contributed by atoms with E-state index >= 15 is 0 Å². The molecule has 0 N–H and O–H groups in total. The van der Waals surface area contributed by atoms with Crippen molar-refractivity contribution >= 4 is 14.4 Å². The molecule has 0 aliphatic carbocycles. The highest BCUT2D eigenvalue weighted by molar-refractivity contribution is 7.27. The molecule has 13 heavy (non-hydrogen) atoms. The quantitative estimate of drug-likeness (QED) is 0.387. The van der Waals surface area contributed by atoms with Gasteiger partial charge in [0.1, 0.15) is 5.16 Å². The SMILES string of the molecule is C#CCOC(=O)C(CC)(CC)P=O. The molecular formula is C9H13O3P. The maximum absolute atomic E-state index is 11.4. The standard InChI is InChI=1S/C9H13O3P/c1-4-7-12-8(10)9(5-2,6-3)13-11/h1H,5-7H2,2-3H3. The van der Waals surface area contributed by atoms with Gasteiger partial charge in [-0.05, 0) is 12.8 Å². The van der Waals surface area contributed by atoms with Crippen molar-refractivity contribution in [3.05, 3.63) is 0 Å². The van der Waals surface area contributed by atoms with Gasteiger partial charge in [0.05, 0.1) is 0 Å². The lowest BCUT2D eigenvalue weighted by Gasteiger charge is -2.20. The van der Waals surface area contributed by atoms with Crippen LogP contribution >= 0.6 is 8.46 Å². The Labute approximate surface area is 80.1 Å². The van der Waals surface area contributed by atoms with Gasteiger partial charge in [-0.3, -0.25) is 9.36 Å². The van der Waals surface area contributed by atoms with Gasteiger partial charge in [0.25, 0.3) is 0 Å². The van der Waals surface area contributed by atoms with Gasteiger partial charge in [-0.2, -0.15) is 0 Å². The van der Waals surface area contributed by atoms with Gasteiger partial charge in [-0.25, -0.2) is 0 Å². The maximum Gasteiger partial charge on any atom is 0.324 e. The molecule has 0 aliphatic rings. The first-order chi connectivity index (χ1) is 6.16. The lowest BCUT2D eigenvalue weighted by molar-refractivity contribution is -0.145.